The second-order valence-electron chi connectivity index (χ2n) is 4.15. The number of nitrogens with zero attached hydrogens (tertiary/aromatic N) is 2. The van der Waals surface area contributed by atoms with E-state index in [4.69, 9.17) is 16.3 Å². The standard InChI is InChI=1S/C11H15ClN4O2/c1-4-18-10(17)8-7-9(16-11(12)15-8)14-6(3)5(2)13-7/h5-6,13H,4H2,1-3H3,(H,14,15,16). The van der Waals surface area contributed by atoms with Gasteiger partial charge in [-0.1, -0.05) is 0 Å². The number of carbonyl (C=O) groups excluding carboxylic acids is 1. The third-order valence-electron chi connectivity index (χ3n) is 2.84. The van der Waals surface area contributed by atoms with E-state index in [1.807, 2.05) is 13.8 Å². The summed E-state index contributed by atoms with van der Waals surface area (Å²) in [7, 11) is 0. The lowest BCUT2D eigenvalue weighted by atomic mass is 10.1. The third kappa shape index (κ3) is 2.33. The highest BCUT2D eigenvalue weighted by molar-refractivity contribution is 6.28. The molecule has 18 heavy (non-hydrogen) atoms. The van der Waals surface area contributed by atoms with E-state index in [0.29, 0.717) is 11.5 Å². The second-order valence-corrected chi connectivity index (χ2v) is 4.49. The van der Waals surface area contributed by atoms with Crippen molar-refractivity contribution in [1.82, 2.24) is 9.97 Å². The smallest absolute Gasteiger partial charge is 0.359 e. The van der Waals surface area contributed by atoms with Crippen LogP contribution in [0.3, 0.4) is 0 Å². The number of aromatic nitrogens is 2. The van der Waals surface area contributed by atoms with E-state index in [1.165, 1.54) is 0 Å². The Balaban J connectivity index is 2.45. The molecule has 0 radical (unpaired) electrons. The van der Waals surface area contributed by atoms with Crippen molar-refractivity contribution in [3.05, 3.63) is 11.0 Å². The van der Waals surface area contributed by atoms with Crippen molar-refractivity contribution in [2.45, 2.75) is 32.9 Å². The molecule has 98 valence electrons. The Hall–Kier alpha value is -1.56. The maximum atomic E-state index is 11.8. The van der Waals surface area contributed by atoms with Gasteiger partial charge in [0.1, 0.15) is 5.69 Å². The zero-order valence-corrected chi connectivity index (χ0v) is 11.2. The molecular weight excluding hydrogens is 256 g/mol. The molecule has 2 atom stereocenters. The molecule has 0 spiro atoms. The summed E-state index contributed by atoms with van der Waals surface area (Å²) in [5.41, 5.74) is 0.710. The molecule has 2 rings (SSSR count). The van der Waals surface area contributed by atoms with Gasteiger partial charge in [0.15, 0.2) is 11.5 Å². The van der Waals surface area contributed by atoms with E-state index in [9.17, 15) is 4.79 Å². The Kier molecular flexibility index (Phi) is 3.56. The molecule has 2 heterocycles. The van der Waals surface area contributed by atoms with Crippen LogP contribution in [0, 0.1) is 0 Å². The summed E-state index contributed by atoms with van der Waals surface area (Å²) in [5.74, 6) is 0.0257. The molecule has 7 heteroatoms. The summed E-state index contributed by atoms with van der Waals surface area (Å²) in [5, 5.41) is 6.40. The predicted octanol–water partition coefficient (Wildman–Crippen LogP) is 1.92. The van der Waals surface area contributed by atoms with Crippen molar-refractivity contribution >= 4 is 29.1 Å². The maximum Gasteiger partial charge on any atom is 0.359 e. The SMILES string of the molecule is CCOC(=O)c1nc(Cl)nc2c1NC(C)C(C)N2. The Labute approximate surface area is 110 Å². The molecule has 1 aliphatic rings. The molecule has 6 nitrogen and oxygen atoms in total. The zero-order chi connectivity index (χ0) is 13.3. The fraction of sp³-hybridized carbons (Fsp3) is 0.545. The molecule has 0 amide bonds. The Bertz CT molecular complexity index is 480. The van der Waals surface area contributed by atoms with Crippen LogP contribution < -0.4 is 10.6 Å². The van der Waals surface area contributed by atoms with Crippen LogP contribution in [0.1, 0.15) is 31.3 Å². The summed E-state index contributed by atoms with van der Waals surface area (Å²) in [4.78, 5) is 19.8. The van der Waals surface area contributed by atoms with Crippen LogP contribution in [0.2, 0.25) is 5.28 Å². The van der Waals surface area contributed by atoms with Crippen molar-refractivity contribution in [2.75, 3.05) is 17.2 Å². The van der Waals surface area contributed by atoms with Gasteiger partial charge in [-0.25, -0.2) is 9.78 Å². The van der Waals surface area contributed by atoms with Gasteiger partial charge in [-0.2, -0.15) is 4.98 Å². The predicted molar refractivity (Wildman–Crippen MR) is 69.2 cm³/mol. The lowest BCUT2D eigenvalue weighted by molar-refractivity contribution is 0.0520. The van der Waals surface area contributed by atoms with Gasteiger partial charge in [0.2, 0.25) is 5.28 Å². The number of esters is 1. The Morgan fingerprint density at radius 3 is 2.67 bits per heavy atom. The summed E-state index contributed by atoms with van der Waals surface area (Å²) in [6.45, 7) is 6.04. The molecule has 0 fully saturated rings. The van der Waals surface area contributed by atoms with Crippen LogP contribution >= 0.6 is 11.6 Å². The van der Waals surface area contributed by atoms with E-state index in [1.54, 1.807) is 6.92 Å². The summed E-state index contributed by atoms with van der Waals surface area (Å²) in [6, 6.07) is 0.328. The summed E-state index contributed by atoms with van der Waals surface area (Å²) < 4.78 is 4.96. The molecule has 0 aliphatic carbocycles. The van der Waals surface area contributed by atoms with E-state index in [2.05, 4.69) is 20.6 Å². The monoisotopic (exact) mass is 270 g/mol. The van der Waals surface area contributed by atoms with Crippen molar-refractivity contribution in [3.8, 4) is 0 Å². The molecule has 0 saturated heterocycles. The fourth-order valence-corrected chi connectivity index (χ4v) is 1.88. The first kappa shape index (κ1) is 12.9. The highest BCUT2D eigenvalue weighted by atomic mass is 35.5. The van der Waals surface area contributed by atoms with Gasteiger partial charge >= 0.3 is 5.97 Å². The first-order chi connectivity index (χ1) is 8.52. The average Bonchev–Trinajstić information content (AvgIpc) is 2.30. The molecule has 1 aliphatic heterocycles. The average molecular weight is 271 g/mol. The van der Waals surface area contributed by atoms with Crippen LogP contribution in [0.15, 0.2) is 0 Å². The zero-order valence-electron chi connectivity index (χ0n) is 10.5. The van der Waals surface area contributed by atoms with Crippen molar-refractivity contribution in [3.63, 3.8) is 0 Å². The Morgan fingerprint density at radius 2 is 2.00 bits per heavy atom. The van der Waals surface area contributed by atoms with E-state index < -0.39 is 5.97 Å². The van der Waals surface area contributed by atoms with Crippen LogP contribution in [0.25, 0.3) is 0 Å². The second kappa shape index (κ2) is 4.97. The number of hydrogen-bond acceptors (Lipinski definition) is 6. The van der Waals surface area contributed by atoms with Gasteiger partial charge in [0.25, 0.3) is 0 Å². The topological polar surface area (TPSA) is 76.1 Å². The van der Waals surface area contributed by atoms with Crippen molar-refractivity contribution in [1.29, 1.82) is 0 Å². The number of halogens is 1. The fourth-order valence-electron chi connectivity index (χ4n) is 1.72. The van der Waals surface area contributed by atoms with Crippen LogP contribution in [0.4, 0.5) is 11.5 Å². The molecule has 1 aromatic heterocycles. The number of carbonyl (C=O) groups is 1. The first-order valence-electron chi connectivity index (χ1n) is 5.80. The number of hydrogen-bond donors (Lipinski definition) is 2. The number of ether oxygens (including phenoxy) is 1. The highest BCUT2D eigenvalue weighted by Gasteiger charge is 2.28. The highest BCUT2D eigenvalue weighted by Crippen LogP contribution is 2.30. The van der Waals surface area contributed by atoms with E-state index in [-0.39, 0.29) is 29.7 Å². The molecule has 2 N–H and O–H groups in total. The lowest BCUT2D eigenvalue weighted by Crippen LogP contribution is -2.40. The van der Waals surface area contributed by atoms with Crippen LogP contribution in [-0.4, -0.2) is 34.6 Å². The molecule has 0 aromatic carbocycles. The van der Waals surface area contributed by atoms with Gasteiger partial charge < -0.3 is 15.4 Å². The molecule has 1 aromatic rings. The Morgan fingerprint density at radius 1 is 1.33 bits per heavy atom. The van der Waals surface area contributed by atoms with E-state index in [0.717, 1.165) is 0 Å². The number of anilines is 2. The molecule has 2 unspecified atom stereocenters. The van der Waals surface area contributed by atoms with Crippen LogP contribution in [0.5, 0.6) is 0 Å². The van der Waals surface area contributed by atoms with Gasteiger partial charge in [0, 0.05) is 12.1 Å². The van der Waals surface area contributed by atoms with Gasteiger partial charge in [-0.3, -0.25) is 0 Å². The summed E-state index contributed by atoms with van der Waals surface area (Å²) in [6.07, 6.45) is 0. The quantitative estimate of drug-likeness (QED) is 0.632. The minimum atomic E-state index is -0.505. The van der Waals surface area contributed by atoms with Gasteiger partial charge in [-0.05, 0) is 32.4 Å². The first-order valence-corrected chi connectivity index (χ1v) is 6.18. The number of nitrogens with one attached hydrogen (secondary N) is 2. The van der Waals surface area contributed by atoms with Crippen molar-refractivity contribution in [2.24, 2.45) is 0 Å². The van der Waals surface area contributed by atoms with Gasteiger partial charge in [-0.15, -0.1) is 0 Å². The minimum Gasteiger partial charge on any atom is -0.461 e. The summed E-state index contributed by atoms with van der Waals surface area (Å²) >= 11 is 5.81. The van der Waals surface area contributed by atoms with Crippen LogP contribution in [-0.2, 0) is 4.74 Å². The normalized spacial score (nSPS) is 21.6. The lowest BCUT2D eigenvalue weighted by Gasteiger charge is -2.31. The third-order valence-corrected chi connectivity index (χ3v) is 3.01. The van der Waals surface area contributed by atoms with Crippen molar-refractivity contribution < 1.29 is 9.53 Å². The van der Waals surface area contributed by atoms with E-state index >= 15 is 0 Å². The largest absolute Gasteiger partial charge is 0.461 e. The maximum absolute atomic E-state index is 11.8. The molecule has 0 saturated carbocycles. The number of fused-ring (bicyclic) bond motifs is 1. The molecular formula is C11H15ClN4O2. The number of rotatable bonds is 2. The molecule has 0 bridgehead atoms. The minimum absolute atomic E-state index is 0.0212. The van der Waals surface area contributed by atoms with Gasteiger partial charge in [0.05, 0.1) is 6.61 Å².